The molecule has 1 aromatic rings. The number of aliphatic hydroxyl groups excluding tert-OH is 2. The highest BCUT2D eigenvalue weighted by molar-refractivity contribution is 5.77. The summed E-state index contributed by atoms with van der Waals surface area (Å²) in [7, 11) is 1.36. The fourth-order valence-corrected chi connectivity index (χ4v) is 3.93. The van der Waals surface area contributed by atoms with Crippen LogP contribution in [0.15, 0.2) is 30.3 Å². The fraction of sp³-hybridized carbons (Fsp3) is 0.562. The lowest BCUT2D eigenvalue weighted by Crippen LogP contribution is -2.57. The largest absolute Gasteiger partial charge is 0.468 e. The number of carbonyl (C=O) groups excluding carboxylic acids is 1. The van der Waals surface area contributed by atoms with Crippen LogP contribution in [0.4, 0.5) is 0 Å². The molecule has 1 heterocycles. The van der Waals surface area contributed by atoms with Crippen molar-refractivity contribution in [1.29, 1.82) is 0 Å². The highest BCUT2D eigenvalue weighted by Crippen LogP contribution is 2.47. The Balaban J connectivity index is 1.93. The molecule has 0 amide bonds. The molecule has 0 spiro atoms. The molecule has 1 saturated heterocycles. The topological polar surface area (TPSA) is 70.0 Å². The molecule has 0 aromatic heterocycles. The van der Waals surface area contributed by atoms with Crippen LogP contribution in [0.5, 0.6) is 0 Å². The first-order valence-electron chi connectivity index (χ1n) is 7.32. The van der Waals surface area contributed by atoms with Gasteiger partial charge in [-0.25, -0.2) is 0 Å². The van der Waals surface area contributed by atoms with Crippen LogP contribution in [0.3, 0.4) is 0 Å². The zero-order chi connectivity index (χ0) is 15.1. The van der Waals surface area contributed by atoms with Gasteiger partial charge in [0, 0.05) is 18.0 Å². The van der Waals surface area contributed by atoms with Crippen LogP contribution in [0.25, 0.3) is 0 Å². The van der Waals surface area contributed by atoms with E-state index in [-0.39, 0.29) is 24.0 Å². The summed E-state index contributed by atoms with van der Waals surface area (Å²) in [4.78, 5) is 14.1. The minimum absolute atomic E-state index is 0.0209. The summed E-state index contributed by atoms with van der Waals surface area (Å²) in [6, 6.07) is 9.16. The number of benzene rings is 1. The van der Waals surface area contributed by atoms with E-state index >= 15 is 0 Å². The lowest BCUT2D eigenvalue weighted by Gasteiger charge is -2.42. The third kappa shape index (κ3) is 2.16. The van der Waals surface area contributed by atoms with E-state index in [4.69, 9.17) is 4.74 Å². The van der Waals surface area contributed by atoms with E-state index in [2.05, 4.69) is 0 Å². The molecule has 3 rings (SSSR count). The van der Waals surface area contributed by atoms with Crippen molar-refractivity contribution < 1.29 is 19.7 Å². The minimum Gasteiger partial charge on any atom is -0.468 e. The number of likely N-dealkylation sites (tertiary alicyclic amines) is 1. The number of ether oxygens (including phenoxy) is 1. The first-order valence-corrected chi connectivity index (χ1v) is 7.32. The zero-order valence-corrected chi connectivity index (χ0v) is 12.2. The van der Waals surface area contributed by atoms with Crippen LogP contribution in [0.2, 0.25) is 0 Å². The second kappa shape index (κ2) is 5.40. The number of rotatable bonds is 3. The van der Waals surface area contributed by atoms with Crippen molar-refractivity contribution in [2.24, 2.45) is 5.92 Å². The number of aliphatic hydroxyl groups is 2. The molecule has 1 aromatic carbocycles. The number of fused-ring (bicyclic) bond motifs is 2. The Kier molecular flexibility index (Phi) is 3.73. The molecule has 0 radical (unpaired) electrons. The molecule has 1 aliphatic heterocycles. The first-order chi connectivity index (χ1) is 10.1. The second-order valence-electron chi connectivity index (χ2n) is 5.95. The Labute approximate surface area is 124 Å². The van der Waals surface area contributed by atoms with Crippen LogP contribution in [-0.4, -0.2) is 52.5 Å². The van der Waals surface area contributed by atoms with E-state index in [9.17, 15) is 15.0 Å². The molecule has 1 aliphatic carbocycles. The zero-order valence-electron chi connectivity index (χ0n) is 12.2. The van der Waals surface area contributed by atoms with Gasteiger partial charge in [-0.3, -0.25) is 9.69 Å². The summed E-state index contributed by atoms with van der Waals surface area (Å²) in [6.45, 7) is 2.02. The van der Waals surface area contributed by atoms with Gasteiger partial charge in [0.05, 0.1) is 19.3 Å². The van der Waals surface area contributed by atoms with E-state index in [1.54, 1.807) is 0 Å². The summed E-state index contributed by atoms with van der Waals surface area (Å²) in [5.74, 6) is -0.597. The average Bonchev–Trinajstić information content (AvgIpc) is 3.04. The van der Waals surface area contributed by atoms with Gasteiger partial charge in [0.15, 0.2) is 0 Å². The Morgan fingerprint density at radius 3 is 2.57 bits per heavy atom. The number of hydrogen-bond donors (Lipinski definition) is 2. The molecule has 5 nitrogen and oxygen atoms in total. The molecule has 1 saturated carbocycles. The van der Waals surface area contributed by atoms with Gasteiger partial charge in [-0.2, -0.15) is 0 Å². The first kappa shape index (κ1) is 14.5. The molecule has 6 atom stereocenters. The molecule has 2 bridgehead atoms. The van der Waals surface area contributed by atoms with Crippen molar-refractivity contribution >= 4 is 5.97 Å². The second-order valence-corrected chi connectivity index (χ2v) is 5.95. The fourth-order valence-electron chi connectivity index (χ4n) is 3.93. The lowest BCUT2D eigenvalue weighted by atomic mass is 9.92. The van der Waals surface area contributed by atoms with Crippen LogP contribution < -0.4 is 0 Å². The maximum absolute atomic E-state index is 12.1. The third-order valence-electron chi connectivity index (χ3n) is 4.98. The standard InChI is InChI=1S/C16H21NO4/c1-9(10-6-4-3-5-7-10)17-12-8-11(14(18)15(12)19)13(17)16(20)21-2/h3-7,9,11-15,18-19H,8H2,1-2H3/t9-,11?,12?,13?,14?,15?/m0/s1. The van der Waals surface area contributed by atoms with Crippen LogP contribution in [-0.2, 0) is 9.53 Å². The van der Waals surface area contributed by atoms with Gasteiger partial charge in [0.2, 0.25) is 0 Å². The molecule has 2 aliphatic rings. The maximum atomic E-state index is 12.1. The molecular formula is C16H21NO4. The number of hydrogen-bond acceptors (Lipinski definition) is 5. The van der Waals surface area contributed by atoms with Crippen molar-refractivity contribution in [3.05, 3.63) is 35.9 Å². The Morgan fingerprint density at radius 1 is 1.29 bits per heavy atom. The lowest BCUT2D eigenvalue weighted by molar-refractivity contribution is -0.157. The molecular weight excluding hydrogens is 270 g/mol. The highest BCUT2D eigenvalue weighted by atomic mass is 16.5. The van der Waals surface area contributed by atoms with E-state index in [1.165, 1.54) is 7.11 Å². The van der Waals surface area contributed by atoms with E-state index in [0.717, 1.165) is 5.56 Å². The van der Waals surface area contributed by atoms with Crippen molar-refractivity contribution in [2.45, 2.75) is 43.7 Å². The molecule has 5 heteroatoms. The van der Waals surface area contributed by atoms with Gasteiger partial charge < -0.3 is 14.9 Å². The number of piperidine rings is 1. The minimum atomic E-state index is -0.849. The van der Waals surface area contributed by atoms with E-state index < -0.39 is 18.2 Å². The highest BCUT2D eigenvalue weighted by Gasteiger charge is 2.60. The van der Waals surface area contributed by atoms with Crippen LogP contribution in [0, 0.1) is 5.92 Å². The molecule has 2 N–H and O–H groups in total. The number of esters is 1. The summed E-state index contributed by atoms with van der Waals surface area (Å²) >= 11 is 0. The molecule has 5 unspecified atom stereocenters. The molecule has 114 valence electrons. The summed E-state index contributed by atoms with van der Waals surface area (Å²) in [5, 5.41) is 20.3. The number of carbonyl (C=O) groups is 1. The van der Waals surface area contributed by atoms with Gasteiger partial charge in [-0.1, -0.05) is 30.3 Å². The van der Waals surface area contributed by atoms with Gasteiger partial charge in [0.25, 0.3) is 0 Å². The quantitative estimate of drug-likeness (QED) is 0.803. The Hall–Kier alpha value is -1.43. The summed E-state index contributed by atoms with van der Waals surface area (Å²) in [6.07, 6.45) is -1.03. The van der Waals surface area contributed by atoms with E-state index in [0.29, 0.717) is 6.42 Å². The smallest absolute Gasteiger partial charge is 0.323 e. The van der Waals surface area contributed by atoms with Crippen molar-refractivity contribution in [2.75, 3.05) is 7.11 Å². The summed E-state index contributed by atoms with van der Waals surface area (Å²) in [5.41, 5.74) is 1.08. The van der Waals surface area contributed by atoms with Gasteiger partial charge >= 0.3 is 5.97 Å². The van der Waals surface area contributed by atoms with Crippen molar-refractivity contribution in [1.82, 2.24) is 4.90 Å². The van der Waals surface area contributed by atoms with Gasteiger partial charge in [-0.15, -0.1) is 0 Å². The van der Waals surface area contributed by atoms with Crippen LogP contribution in [0.1, 0.15) is 24.9 Å². The molecule has 2 fully saturated rings. The normalized spacial score (nSPS) is 36.7. The molecule has 21 heavy (non-hydrogen) atoms. The van der Waals surface area contributed by atoms with Gasteiger partial charge in [0.1, 0.15) is 6.04 Å². The predicted octanol–water partition coefficient (Wildman–Crippen LogP) is 0.715. The SMILES string of the molecule is COC(=O)C1C2CC(C(O)C2O)N1[C@@H](C)c1ccccc1. The van der Waals surface area contributed by atoms with Crippen LogP contribution >= 0.6 is 0 Å². The monoisotopic (exact) mass is 291 g/mol. The number of nitrogens with zero attached hydrogens (tertiary/aromatic N) is 1. The van der Waals surface area contributed by atoms with Crippen molar-refractivity contribution in [3.8, 4) is 0 Å². The average molecular weight is 291 g/mol. The van der Waals surface area contributed by atoms with E-state index in [1.807, 2.05) is 42.2 Å². The Morgan fingerprint density at radius 2 is 1.95 bits per heavy atom. The van der Waals surface area contributed by atoms with Gasteiger partial charge in [-0.05, 0) is 18.9 Å². The predicted molar refractivity (Wildman–Crippen MR) is 76.4 cm³/mol. The maximum Gasteiger partial charge on any atom is 0.323 e. The third-order valence-corrected chi connectivity index (χ3v) is 4.98. The number of methoxy groups -OCH3 is 1. The Bertz CT molecular complexity index is 520. The van der Waals surface area contributed by atoms with Crippen molar-refractivity contribution in [3.63, 3.8) is 0 Å². The summed E-state index contributed by atoms with van der Waals surface area (Å²) < 4.78 is 4.91.